The van der Waals surface area contributed by atoms with E-state index in [0.29, 0.717) is 6.54 Å². The number of carbonyl (C=O) groups excluding carboxylic acids is 1. The molecular formula is C32H36ClN5O6S. The molecule has 0 aliphatic carbocycles. The highest BCUT2D eigenvalue weighted by molar-refractivity contribution is 7.93. The molecule has 0 radical (unpaired) electrons. The summed E-state index contributed by atoms with van der Waals surface area (Å²) < 4.78 is 35.5. The van der Waals surface area contributed by atoms with Gasteiger partial charge in [0.15, 0.2) is 0 Å². The smallest absolute Gasteiger partial charge is 0.407 e. The van der Waals surface area contributed by atoms with Gasteiger partial charge in [-0.25, -0.2) is 22.5 Å². The number of pyridine rings is 1. The number of rotatable bonds is 7. The summed E-state index contributed by atoms with van der Waals surface area (Å²) in [5.41, 5.74) is -1.17. The number of nitrogens with zero attached hydrogens (tertiary/aromatic N) is 5. The third kappa shape index (κ3) is 5.23. The number of hydrogen-bond acceptors (Lipinski definition) is 8. The first kappa shape index (κ1) is 31.3. The minimum absolute atomic E-state index is 0.0713. The van der Waals surface area contributed by atoms with Gasteiger partial charge < -0.3 is 19.6 Å². The molecule has 0 bridgehead atoms. The van der Waals surface area contributed by atoms with E-state index in [1.165, 1.54) is 35.4 Å². The second-order valence-electron chi connectivity index (χ2n) is 11.7. The normalized spacial score (nSPS) is 23.3. The highest BCUT2D eigenvalue weighted by atomic mass is 35.5. The van der Waals surface area contributed by atoms with Crippen LogP contribution in [-0.2, 0) is 20.2 Å². The molecule has 2 unspecified atom stereocenters. The van der Waals surface area contributed by atoms with E-state index in [1.54, 1.807) is 43.3 Å². The zero-order chi connectivity index (χ0) is 31.9. The predicted molar refractivity (Wildman–Crippen MR) is 169 cm³/mol. The third-order valence-electron chi connectivity index (χ3n) is 9.24. The number of halogens is 1. The van der Waals surface area contributed by atoms with Crippen LogP contribution in [0.15, 0.2) is 71.8 Å². The molecule has 2 atom stereocenters. The van der Waals surface area contributed by atoms with E-state index in [0.717, 1.165) is 30.2 Å². The van der Waals surface area contributed by atoms with Gasteiger partial charge in [0.1, 0.15) is 5.41 Å². The van der Waals surface area contributed by atoms with Gasteiger partial charge in [-0.15, -0.1) is 0 Å². The SMILES string of the molecule is CCOc1ncccc1C1(C2CN(C3CCN(C)CC3)CCN2C(=O)O)C(=O)N(S(=O)(=O)c2ccccc2)c2ccc(Cl)cc21. The standard InChI is InChI=1S/C32H36ClN5O6S/c1-3-44-29-25(10-7-15-34-29)32(28-21-36(18-19-37(28)31(40)41)23-13-16-35(2)17-14-23)26-20-22(33)11-12-27(26)38(30(32)39)45(42,43)24-8-5-4-6-9-24/h4-12,15,20,23,28H,3,13-14,16-19,21H2,1-2H3,(H,40,41). The molecule has 13 heteroatoms. The van der Waals surface area contributed by atoms with Crippen molar-refractivity contribution in [3.05, 3.63) is 83.0 Å². The van der Waals surface area contributed by atoms with Crippen LogP contribution in [0.5, 0.6) is 5.88 Å². The minimum atomic E-state index is -4.44. The molecule has 2 aromatic carbocycles. The zero-order valence-electron chi connectivity index (χ0n) is 25.2. The lowest BCUT2D eigenvalue weighted by molar-refractivity contribution is -0.124. The number of aromatic nitrogens is 1. The molecule has 238 valence electrons. The monoisotopic (exact) mass is 653 g/mol. The van der Waals surface area contributed by atoms with Crippen LogP contribution < -0.4 is 9.04 Å². The van der Waals surface area contributed by atoms with Crippen LogP contribution in [-0.4, -0.2) is 104 Å². The number of ether oxygens (including phenoxy) is 1. The molecule has 3 aliphatic rings. The van der Waals surface area contributed by atoms with Crippen LogP contribution in [0.4, 0.5) is 10.5 Å². The summed E-state index contributed by atoms with van der Waals surface area (Å²) in [4.78, 5) is 38.5. The van der Waals surface area contributed by atoms with Crippen LogP contribution in [0.1, 0.15) is 30.9 Å². The van der Waals surface area contributed by atoms with E-state index >= 15 is 4.79 Å². The average Bonchev–Trinajstić information content (AvgIpc) is 3.30. The van der Waals surface area contributed by atoms with E-state index in [1.807, 2.05) is 0 Å². The summed E-state index contributed by atoms with van der Waals surface area (Å²) in [5, 5.41) is 10.9. The number of hydrogen-bond donors (Lipinski definition) is 1. The van der Waals surface area contributed by atoms with Gasteiger partial charge in [-0.1, -0.05) is 35.9 Å². The maximum absolute atomic E-state index is 15.3. The summed E-state index contributed by atoms with van der Waals surface area (Å²) >= 11 is 6.60. The number of piperazine rings is 1. The third-order valence-corrected chi connectivity index (χ3v) is 11.2. The fourth-order valence-corrected chi connectivity index (χ4v) is 8.79. The molecule has 3 aromatic rings. The first-order valence-electron chi connectivity index (χ1n) is 15.1. The number of benzene rings is 2. The van der Waals surface area contributed by atoms with Gasteiger partial charge in [0.25, 0.3) is 15.9 Å². The highest BCUT2D eigenvalue weighted by Crippen LogP contribution is 2.54. The van der Waals surface area contributed by atoms with Crippen molar-refractivity contribution < 1.29 is 27.9 Å². The van der Waals surface area contributed by atoms with Crippen molar-refractivity contribution in [3.63, 3.8) is 0 Å². The average molecular weight is 654 g/mol. The number of piperidine rings is 1. The Hall–Kier alpha value is -3.71. The lowest BCUT2D eigenvalue weighted by Gasteiger charge is -2.50. The Morgan fingerprint density at radius 2 is 1.78 bits per heavy atom. The van der Waals surface area contributed by atoms with Crippen molar-refractivity contribution >= 4 is 39.3 Å². The molecule has 1 N–H and O–H groups in total. The molecule has 3 aliphatic heterocycles. The molecule has 2 saturated heterocycles. The largest absolute Gasteiger partial charge is 0.478 e. The van der Waals surface area contributed by atoms with Crippen molar-refractivity contribution in [2.45, 2.75) is 42.2 Å². The van der Waals surface area contributed by atoms with Gasteiger partial charge in [-0.2, -0.15) is 0 Å². The van der Waals surface area contributed by atoms with Gasteiger partial charge in [0.2, 0.25) is 5.88 Å². The van der Waals surface area contributed by atoms with Crippen LogP contribution >= 0.6 is 11.6 Å². The fraction of sp³-hybridized carbons (Fsp3) is 0.406. The van der Waals surface area contributed by atoms with Crippen LogP contribution in [0.3, 0.4) is 0 Å². The number of amides is 2. The molecule has 0 saturated carbocycles. The van der Waals surface area contributed by atoms with Crippen molar-refractivity contribution in [3.8, 4) is 5.88 Å². The fourth-order valence-electron chi connectivity index (χ4n) is 7.12. The number of carbonyl (C=O) groups is 2. The Bertz CT molecular complexity index is 1700. The molecule has 11 nitrogen and oxygen atoms in total. The Morgan fingerprint density at radius 1 is 1.04 bits per heavy atom. The summed E-state index contributed by atoms with van der Waals surface area (Å²) in [6.45, 7) is 4.61. The Balaban J connectivity index is 1.62. The maximum atomic E-state index is 15.3. The number of carboxylic acid groups (broad SMARTS) is 1. The van der Waals surface area contributed by atoms with Gasteiger partial charge in [-0.05, 0) is 76.3 Å². The van der Waals surface area contributed by atoms with Crippen molar-refractivity contribution in [1.29, 1.82) is 0 Å². The maximum Gasteiger partial charge on any atom is 0.407 e. The number of sulfonamides is 1. The van der Waals surface area contributed by atoms with Gasteiger partial charge in [0.05, 0.1) is 23.2 Å². The second kappa shape index (κ2) is 12.2. The van der Waals surface area contributed by atoms with Crippen molar-refractivity contribution in [2.75, 3.05) is 50.7 Å². The van der Waals surface area contributed by atoms with Gasteiger partial charge in [0, 0.05) is 48.0 Å². The number of likely N-dealkylation sites (tertiary alicyclic amines) is 1. The zero-order valence-corrected chi connectivity index (χ0v) is 26.7. The van der Waals surface area contributed by atoms with E-state index in [9.17, 15) is 18.3 Å². The van der Waals surface area contributed by atoms with Crippen molar-refractivity contribution in [1.82, 2.24) is 19.7 Å². The first-order valence-corrected chi connectivity index (χ1v) is 16.9. The van der Waals surface area contributed by atoms with E-state index in [2.05, 4.69) is 21.8 Å². The lowest BCUT2D eigenvalue weighted by atomic mass is 9.68. The first-order chi connectivity index (χ1) is 21.6. The Labute approximate surface area is 268 Å². The molecule has 0 spiro atoms. The molecule has 2 fully saturated rings. The Morgan fingerprint density at radius 3 is 2.47 bits per heavy atom. The summed E-state index contributed by atoms with van der Waals surface area (Å²) in [6, 6.07) is 14.8. The minimum Gasteiger partial charge on any atom is -0.478 e. The molecule has 4 heterocycles. The van der Waals surface area contributed by atoms with Gasteiger partial charge in [-0.3, -0.25) is 9.69 Å². The number of fused-ring (bicyclic) bond motifs is 1. The molecular weight excluding hydrogens is 618 g/mol. The summed E-state index contributed by atoms with van der Waals surface area (Å²) in [6.07, 6.45) is 2.11. The quantitative estimate of drug-likeness (QED) is 0.404. The molecule has 6 rings (SSSR count). The van der Waals surface area contributed by atoms with Crippen LogP contribution in [0.2, 0.25) is 5.02 Å². The van der Waals surface area contributed by atoms with E-state index < -0.39 is 33.5 Å². The summed E-state index contributed by atoms with van der Waals surface area (Å²) in [7, 11) is -2.36. The van der Waals surface area contributed by atoms with Crippen LogP contribution in [0.25, 0.3) is 0 Å². The highest BCUT2D eigenvalue weighted by Gasteiger charge is 2.64. The van der Waals surface area contributed by atoms with Crippen molar-refractivity contribution in [2.24, 2.45) is 0 Å². The topological polar surface area (TPSA) is 124 Å². The Kier molecular flexibility index (Phi) is 8.51. The molecule has 45 heavy (non-hydrogen) atoms. The predicted octanol–water partition coefficient (Wildman–Crippen LogP) is 3.91. The second-order valence-corrected chi connectivity index (χ2v) is 13.9. The van der Waals surface area contributed by atoms with Gasteiger partial charge >= 0.3 is 6.09 Å². The van der Waals surface area contributed by atoms with E-state index in [4.69, 9.17) is 16.3 Å². The van der Waals surface area contributed by atoms with Crippen LogP contribution in [0, 0.1) is 0 Å². The van der Waals surface area contributed by atoms with E-state index in [-0.39, 0.29) is 58.4 Å². The summed E-state index contributed by atoms with van der Waals surface area (Å²) in [5.74, 6) is -0.681. The lowest BCUT2D eigenvalue weighted by Crippen LogP contribution is -2.67. The number of anilines is 1. The molecule has 1 aromatic heterocycles. The molecule has 2 amide bonds.